The Hall–Kier alpha value is -2.79. The summed E-state index contributed by atoms with van der Waals surface area (Å²) in [6, 6.07) is 13.1. The van der Waals surface area contributed by atoms with Crippen molar-refractivity contribution in [2.45, 2.75) is 6.42 Å². The molecule has 24 heavy (non-hydrogen) atoms. The molecule has 0 bridgehead atoms. The van der Waals surface area contributed by atoms with Crippen molar-refractivity contribution in [2.75, 3.05) is 7.11 Å². The molecule has 0 unspecified atom stereocenters. The molecule has 0 aliphatic rings. The number of fused-ring (bicyclic) bond motifs is 1. The lowest BCUT2D eigenvalue weighted by Crippen LogP contribution is -2.20. The molecular weight excluding hydrogens is 326 g/mol. The summed E-state index contributed by atoms with van der Waals surface area (Å²) in [5.41, 5.74) is 5.14. The average molecular weight is 342 g/mol. The van der Waals surface area contributed by atoms with Crippen molar-refractivity contribution in [3.8, 4) is 5.75 Å². The Balaban J connectivity index is 1.65. The van der Waals surface area contributed by atoms with Crippen molar-refractivity contribution in [3.63, 3.8) is 0 Å². The van der Waals surface area contributed by atoms with Gasteiger partial charge in [0.1, 0.15) is 5.75 Å². The lowest BCUT2D eigenvalue weighted by Gasteiger charge is -2.06. The normalized spacial score (nSPS) is 11.1. The zero-order valence-corrected chi connectivity index (χ0v) is 13.8. The van der Waals surface area contributed by atoms with Gasteiger partial charge in [-0.1, -0.05) is 29.8 Å². The highest BCUT2D eigenvalue weighted by Crippen LogP contribution is 2.22. The third kappa shape index (κ3) is 3.58. The number of rotatable bonds is 5. The third-order valence-electron chi connectivity index (χ3n) is 3.62. The number of methoxy groups -OCH3 is 1. The number of halogens is 1. The summed E-state index contributed by atoms with van der Waals surface area (Å²) >= 11 is 6.10. The molecule has 1 amide bonds. The highest BCUT2D eigenvalue weighted by molar-refractivity contribution is 6.31. The number of amides is 1. The largest absolute Gasteiger partial charge is 0.497 e. The van der Waals surface area contributed by atoms with E-state index in [0.717, 1.165) is 16.5 Å². The zero-order chi connectivity index (χ0) is 16.9. The Labute approximate surface area is 144 Å². The van der Waals surface area contributed by atoms with E-state index in [1.54, 1.807) is 31.5 Å². The minimum absolute atomic E-state index is 0.126. The van der Waals surface area contributed by atoms with Gasteiger partial charge in [0.25, 0.3) is 0 Å². The number of para-hydroxylation sites is 1. The van der Waals surface area contributed by atoms with Crippen molar-refractivity contribution >= 4 is 34.6 Å². The Bertz CT molecular complexity index is 902. The van der Waals surface area contributed by atoms with Crippen LogP contribution in [0.25, 0.3) is 10.9 Å². The fourth-order valence-corrected chi connectivity index (χ4v) is 2.59. The van der Waals surface area contributed by atoms with Gasteiger partial charge >= 0.3 is 0 Å². The van der Waals surface area contributed by atoms with Gasteiger partial charge in [0.2, 0.25) is 5.91 Å². The molecule has 3 aromatic rings. The second kappa shape index (κ2) is 7.19. The molecule has 5 nitrogen and oxygen atoms in total. The second-order valence-electron chi connectivity index (χ2n) is 5.22. The van der Waals surface area contributed by atoms with Crippen molar-refractivity contribution in [2.24, 2.45) is 5.10 Å². The smallest absolute Gasteiger partial charge is 0.244 e. The molecule has 3 rings (SSSR count). The molecule has 1 heterocycles. The molecule has 0 radical (unpaired) electrons. The quantitative estimate of drug-likeness (QED) is 0.550. The van der Waals surface area contributed by atoms with Crippen LogP contribution >= 0.6 is 11.6 Å². The van der Waals surface area contributed by atoms with Crippen molar-refractivity contribution in [1.82, 2.24) is 10.4 Å². The van der Waals surface area contributed by atoms with Crippen LogP contribution in [-0.2, 0) is 11.2 Å². The first-order valence-corrected chi connectivity index (χ1v) is 7.75. The predicted molar refractivity (Wildman–Crippen MR) is 95.7 cm³/mol. The van der Waals surface area contributed by atoms with E-state index in [0.29, 0.717) is 16.3 Å². The third-order valence-corrected chi connectivity index (χ3v) is 3.99. The first-order valence-electron chi connectivity index (χ1n) is 7.38. The van der Waals surface area contributed by atoms with Gasteiger partial charge in [0, 0.05) is 27.7 Å². The summed E-state index contributed by atoms with van der Waals surface area (Å²) in [4.78, 5) is 15.2. The van der Waals surface area contributed by atoms with Crippen LogP contribution in [0.5, 0.6) is 5.75 Å². The van der Waals surface area contributed by atoms with E-state index in [2.05, 4.69) is 15.5 Å². The lowest BCUT2D eigenvalue weighted by molar-refractivity contribution is -0.120. The molecule has 122 valence electrons. The van der Waals surface area contributed by atoms with Gasteiger partial charge < -0.3 is 9.72 Å². The fraction of sp³-hybridized carbons (Fsp3) is 0.111. The molecule has 0 fully saturated rings. The van der Waals surface area contributed by atoms with Crippen molar-refractivity contribution in [1.29, 1.82) is 0 Å². The molecule has 0 atom stereocenters. The number of hydrogen-bond donors (Lipinski definition) is 2. The van der Waals surface area contributed by atoms with Crippen LogP contribution in [0, 0.1) is 0 Å². The number of carbonyl (C=O) groups is 1. The van der Waals surface area contributed by atoms with Crippen LogP contribution < -0.4 is 10.2 Å². The Morgan fingerprint density at radius 3 is 3.00 bits per heavy atom. The van der Waals surface area contributed by atoms with E-state index in [9.17, 15) is 4.79 Å². The van der Waals surface area contributed by atoms with E-state index < -0.39 is 0 Å². The highest BCUT2D eigenvalue weighted by Gasteiger charge is 2.08. The number of aromatic nitrogens is 1. The lowest BCUT2D eigenvalue weighted by atomic mass is 10.1. The summed E-state index contributed by atoms with van der Waals surface area (Å²) in [6.45, 7) is 0. The molecule has 2 N–H and O–H groups in total. The number of nitrogens with one attached hydrogen (secondary N) is 2. The van der Waals surface area contributed by atoms with Crippen LogP contribution in [-0.4, -0.2) is 24.2 Å². The molecule has 2 aromatic carbocycles. The number of hydrogen-bond acceptors (Lipinski definition) is 3. The van der Waals surface area contributed by atoms with Gasteiger partial charge in [0.05, 0.1) is 19.7 Å². The number of hydrazone groups is 1. The van der Waals surface area contributed by atoms with Gasteiger partial charge in [-0.05, 0) is 29.8 Å². The van der Waals surface area contributed by atoms with Crippen LogP contribution in [0.2, 0.25) is 5.02 Å². The number of H-pyrrole nitrogens is 1. The SMILES string of the molecule is COc1ccc(Cl)c(CC(=O)N/N=C/c2c[nH]c3ccccc23)c1. The molecule has 1 aromatic heterocycles. The number of ether oxygens (including phenoxy) is 1. The van der Waals surface area contributed by atoms with Crippen LogP contribution in [0.15, 0.2) is 53.8 Å². The average Bonchev–Trinajstić information content (AvgIpc) is 3.00. The van der Waals surface area contributed by atoms with E-state index >= 15 is 0 Å². The van der Waals surface area contributed by atoms with Gasteiger partial charge in [0.15, 0.2) is 0 Å². The topological polar surface area (TPSA) is 66.5 Å². The number of nitrogens with zero attached hydrogens (tertiary/aromatic N) is 1. The summed E-state index contributed by atoms with van der Waals surface area (Å²) in [5.74, 6) is 0.408. The standard InChI is InChI=1S/C18H16ClN3O2/c1-24-14-6-7-16(19)12(8-14)9-18(23)22-21-11-13-10-20-17-5-3-2-4-15(13)17/h2-8,10-11,20H,9H2,1H3,(H,22,23)/b21-11+. The summed E-state index contributed by atoms with van der Waals surface area (Å²) in [6.07, 6.45) is 3.59. The van der Waals surface area contributed by atoms with Gasteiger partial charge in [-0.15, -0.1) is 0 Å². The Morgan fingerprint density at radius 2 is 2.17 bits per heavy atom. The zero-order valence-electron chi connectivity index (χ0n) is 13.0. The van der Waals surface area contributed by atoms with E-state index in [-0.39, 0.29) is 12.3 Å². The molecule has 0 aliphatic heterocycles. The molecular formula is C18H16ClN3O2. The monoisotopic (exact) mass is 341 g/mol. The molecule has 0 spiro atoms. The molecule has 0 saturated carbocycles. The fourth-order valence-electron chi connectivity index (χ4n) is 2.40. The van der Waals surface area contributed by atoms with Crippen LogP contribution in [0.3, 0.4) is 0 Å². The van der Waals surface area contributed by atoms with Gasteiger partial charge in [-0.3, -0.25) is 4.79 Å². The minimum atomic E-state index is -0.249. The van der Waals surface area contributed by atoms with Crippen molar-refractivity contribution < 1.29 is 9.53 Å². The Kier molecular flexibility index (Phi) is 4.82. The van der Waals surface area contributed by atoms with Crippen LogP contribution in [0.1, 0.15) is 11.1 Å². The second-order valence-corrected chi connectivity index (χ2v) is 5.62. The minimum Gasteiger partial charge on any atom is -0.497 e. The van der Waals surface area contributed by atoms with Crippen LogP contribution in [0.4, 0.5) is 0 Å². The highest BCUT2D eigenvalue weighted by atomic mass is 35.5. The van der Waals surface area contributed by atoms with E-state index in [1.807, 2.05) is 30.5 Å². The number of benzene rings is 2. The predicted octanol–water partition coefficient (Wildman–Crippen LogP) is 3.52. The van der Waals surface area contributed by atoms with E-state index in [1.165, 1.54) is 0 Å². The molecule has 0 saturated heterocycles. The van der Waals surface area contributed by atoms with E-state index in [4.69, 9.17) is 16.3 Å². The van der Waals surface area contributed by atoms with Gasteiger partial charge in [-0.2, -0.15) is 5.10 Å². The summed E-state index contributed by atoms with van der Waals surface area (Å²) in [7, 11) is 1.57. The maximum Gasteiger partial charge on any atom is 0.244 e. The summed E-state index contributed by atoms with van der Waals surface area (Å²) < 4.78 is 5.14. The number of carbonyl (C=O) groups excluding carboxylic acids is 1. The number of aromatic amines is 1. The maximum absolute atomic E-state index is 12.0. The molecule has 6 heteroatoms. The Morgan fingerprint density at radius 1 is 1.33 bits per heavy atom. The summed E-state index contributed by atoms with van der Waals surface area (Å²) in [5, 5.41) is 5.58. The van der Waals surface area contributed by atoms with Crippen molar-refractivity contribution in [3.05, 3.63) is 64.8 Å². The first kappa shape index (κ1) is 16.1. The maximum atomic E-state index is 12.0. The molecule has 0 aliphatic carbocycles. The van der Waals surface area contributed by atoms with Gasteiger partial charge in [-0.25, -0.2) is 5.43 Å². The first-order chi connectivity index (χ1) is 11.7.